The maximum Gasteiger partial charge on any atom is 0.441 e. The maximum absolute atomic E-state index is 13.4. The van der Waals surface area contributed by atoms with Crippen molar-refractivity contribution in [3.63, 3.8) is 0 Å². The lowest BCUT2D eigenvalue weighted by atomic mass is 10.1. The molecule has 102 valence electrons. The molecule has 0 aliphatic heterocycles. The Bertz CT molecular complexity index is 393. The van der Waals surface area contributed by atoms with Crippen molar-refractivity contribution in [1.82, 2.24) is 0 Å². The van der Waals surface area contributed by atoms with Crippen molar-refractivity contribution in [3.05, 3.63) is 29.6 Å². The molecule has 0 aliphatic rings. The number of aliphatic hydroxyl groups is 1. The van der Waals surface area contributed by atoms with Crippen LogP contribution in [0, 0.1) is 5.82 Å². The van der Waals surface area contributed by atoms with E-state index in [9.17, 15) is 22.7 Å². The standard InChI is InChI=1S/C11H12F4O2S/c1-7(16)8-2-3-10(9(12)6-8)17-4-5-18-11(13,14)15/h2-3,6-7,16H,4-5H2,1H3. The van der Waals surface area contributed by atoms with Crippen molar-refractivity contribution < 1.29 is 27.4 Å². The van der Waals surface area contributed by atoms with Crippen LogP contribution in [0.5, 0.6) is 5.75 Å². The van der Waals surface area contributed by atoms with Gasteiger partial charge in [0, 0.05) is 5.75 Å². The molecule has 0 fully saturated rings. The molecule has 1 aromatic rings. The molecule has 18 heavy (non-hydrogen) atoms. The highest BCUT2D eigenvalue weighted by Crippen LogP contribution is 2.30. The molecule has 0 radical (unpaired) electrons. The van der Waals surface area contributed by atoms with E-state index in [1.807, 2.05) is 0 Å². The first-order chi connectivity index (χ1) is 8.29. The summed E-state index contributed by atoms with van der Waals surface area (Å²) in [6, 6.07) is 3.84. The molecular formula is C11H12F4O2S. The van der Waals surface area contributed by atoms with Gasteiger partial charge in [-0.2, -0.15) is 13.2 Å². The Morgan fingerprint density at radius 2 is 2.06 bits per heavy atom. The predicted octanol–water partition coefficient (Wildman–Crippen LogP) is 3.51. The number of halogens is 4. The lowest BCUT2D eigenvalue weighted by Gasteiger charge is -2.10. The second-order valence-corrected chi connectivity index (χ2v) is 4.67. The van der Waals surface area contributed by atoms with Crippen LogP contribution in [-0.2, 0) is 0 Å². The SMILES string of the molecule is CC(O)c1ccc(OCCSC(F)(F)F)c(F)c1. The molecule has 0 spiro atoms. The van der Waals surface area contributed by atoms with Gasteiger partial charge in [-0.3, -0.25) is 0 Å². The highest BCUT2D eigenvalue weighted by atomic mass is 32.2. The van der Waals surface area contributed by atoms with E-state index in [-0.39, 0.29) is 29.9 Å². The first-order valence-electron chi connectivity index (χ1n) is 5.10. The van der Waals surface area contributed by atoms with Gasteiger partial charge in [0.25, 0.3) is 0 Å². The van der Waals surface area contributed by atoms with Crippen molar-refractivity contribution in [2.45, 2.75) is 18.5 Å². The van der Waals surface area contributed by atoms with Crippen LogP contribution >= 0.6 is 11.8 Å². The Kier molecular flexibility index (Phi) is 5.28. The molecule has 1 aromatic carbocycles. The Morgan fingerprint density at radius 3 is 2.56 bits per heavy atom. The summed E-state index contributed by atoms with van der Waals surface area (Å²) in [5.74, 6) is -1.13. The van der Waals surface area contributed by atoms with Crippen molar-refractivity contribution in [2.75, 3.05) is 12.4 Å². The van der Waals surface area contributed by atoms with Gasteiger partial charge >= 0.3 is 5.51 Å². The van der Waals surface area contributed by atoms with Crippen molar-refractivity contribution >= 4 is 11.8 Å². The van der Waals surface area contributed by atoms with Gasteiger partial charge < -0.3 is 9.84 Å². The van der Waals surface area contributed by atoms with Crippen LogP contribution < -0.4 is 4.74 Å². The fraction of sp³-hybridized carbons (Fsp3) is 0.455. The number of alkyl halides is 3. The van der Waals surface area contributed by atoms with Gasteiger partial charge in [0.05, 0.1) is 12.7 Å². The van der Waals surface area contributed by atoms with Gasteiger partial charge in [-0.1, -0.05) is 6.07 Å². The zero-order valence-electron chi connectivity index (χ0n) is 9.50. The van der Waals surface area contributed by atoms with Crippen LogP contribution in [0.3, 0.4) is 0 Å². The quantitative estimate of drug-likeness (QED) is 0.662. The van der Waals surface area contributed by atoms with Gasteiger partial charge in [0.15, 0.2) is 11.6 Å². The van der Waals surface area contributed by atoms with Gasteiger partial charge in [-0.15, -0.1) is 0 Å². The zero-order chi connectivity index (χ0) is 13.8. The molecule has 1 N–H and O–H groups in total. The van der Waals surface area contributed by atoms with Crippen LogP contribution in [0.2, 0.25) is 0 Å². The topological polar surface area (TPSA) is 29.5 Å². The molecule has 0 bridgehead atoms. The van der Waals surface area contributed by atoms with Crippen LogP contribution in [0.25, 0.3) is 0 Å². The van der Waals surface area contributed by atoms with E-state index in [2.05, 4.69) is 0 Å². The first-order valence-corrected chi connectivity index (χ1v) is 6.09. The summed E-state index contributed by atoms with van der Waals surface area (Å²) >= 11 is -0.221. The number of aliphatic hydroxyl groups excluding tert-OH is 1. The summed E-state index contributed by atoms with van der Waals surface area (Å²) in [5.41, 5.74) is -3.93. The average Bonchev–Trinajstić information content (AvgIpc) is 2.24. The molecule has 1 unspecified atom stereocenters. The van der Waals surface area contributed by atoms with Crippen LogP contribution in [0.15, 0.2) is 18.2 Å². The second-order valence-electron chi connectivity index (χ2n) is 3.51. The highest BCUT2D eigenvalue weighted by molar-refractivity contribution is 8.00. The number of benzene rings is 1. The van der Waals surface area contributed by atoms with E-state index in [0.717, 1.165) is 6.07 Å². The lowest BCUT2D eigenvalue weighted by molar-refractivity contribution is -0.0329. The summed E-state index contributed by atoms with van der Waals surface area (Å²) in [4.78, 5) is 0. The van der Waals surface area contributed by atoms with Crippen molar-refractivity contribution in [3.8, 4) is 5.75 Å². The molecule has 0 aliphatic carbocycles. The summed E-state index contributed by atoms with van der Waals surface area (Å²) < 4.78 is 53.7. The van der Waals surface area contributed by atoms with Crippen LogP contribution in [-0.4, -0.2) is 23.0 Å². The number of hydrogen-bond donors (Lipinski definition) is 1. The first kappa shape index (κ1) is 15.1. The van der Waals surface area contributed by atoms with Crippen LogP contribution in [0.1, 0.15) is 18.6 Å². The molecule has 1 rings (SSSR count). The molecule has 0 saturated heterocycles. The smallest absolute Gasteiger partial charge is 0.441 e. The molecule has 0 amide bonds. The summed E-state index contributed by atoms with van der Waals surface area (Å²) in [7, 11) is 0. The normalized spacial score (nSPS) is 13.4. The lowest BCUT2D eigenvalue weighted by Crippen LogP contribution is -2.08. The van der Waals surface area contributed by atoms with Crippen molar-refractivity contribution in [2.24, 2.45) is 0 Å². The van der Waals surface area contributed by atoms with Gasteiger partial charge in [0.2, 0.25) is 0 Å². The Morgan fingerprint density at radius 1 is 1.39 bits per heavy atom. The molecule has 1 atom stereocenters. The van der Waals surface area contributed by atoms with E-state index in [0.29, 0.717) is 5.56 Å². The molecule has 7 heteroatoms. The third-order valence-corrected chi connectivity index (χ3v) is 2.74. The Balaban J connectivity index is 2.48. The summed E-state index contributed by atoms with van der Waals surface area (Å²) in [6.45, 7) is 1.24. The predicted molar refractivity (Wildman–Crippen MR) is 61.0 cm³/mol. The summed E-state index contributed by atoms with van der Waals surface area (Å²) in [6.07, 6.45) is -0.811. The third-order valence-electron chi connectivity index (χ3n) is 2.04. The fourth-order valence-corrected chi connectivity index (χ4v) is 1.60. The highest BCUT2D eigenvalue weighted by Gasteiger charge is 2.27. The number of ether oxygens (including phenoxy) is 1. The van der Waals surface area contributed by atoms with E-state index < -0.39 is 17.4 Å². The van der Waals surface area contributed by atoms with Crippen molar-refractivity contribution in [1.29, 1.82) is 0 Å². The largest absolute Gasteiger partial charge is 0.490 e. The molecule has 0 heterocycles. The molecule has 0 saturated carbocycles. The van der Waals surface area contributed by atoms with Gasteiger partial charge in [0.1, 0.15) is 0 Å². The number of thioether (sulfide) groups is 1. The van der Waals surface area contributed by atoms with Gasteiger partial charge in [-0.05, 0) is 36.4 Å². The monoisotopic (exact) mass is 284 g/mol. The van der Waals surface area contributed by atoms with E-state index in [1.54, 1.807) is 0 Å². The Labute approximate surface area is 106 Å². The average molecular weight is 284 g/mol. The molecular weight excluding hydrogens is 272 g/mol. The van der Waals surface area contributed by atoms with E-state index >= 15 is 0 Å². The zero-order valence-corrected chi connectivity index (χ0v) is 10.3. The number of rotatable bonds is 5. The fourth-order valence-electron chi connectivity index (χ4n) is 1.20. The number of hydrogen-bond acceptors (Lipinski definition) is 3. The van der Waals surface area contributed by atoms with Crippen LogP contribution in [0.4, 0.5) is 17.6 Å². The summed E-state index contributed by atoms with van der Waals surface area (Å²) in [5, 5.41) is 9.21. The second kappa shape index (κ2) is 6.29. The minimum Gasteiger partial charge on any atom is -0.490 e. The van der Waals surface area contributed by atoms with Gasteiger partial charge in [-0.25, -0.2) is 4.39 Å². The third kappa shape index (κ3) is 5.14. The minimum atomic E-state index is -4.31. The van der Waals surface area contributed by atoms with E-state index in [1.165, 1.54) is 19.1 Å². The minimum absolute atomic E-state index is 0.123. The molecule has 0 aromatic heterocycles. The van der Waals surface area contributed by atoms with E-state index in [4.69, 9.17) is 4.74 Å². The Hall–Kier alpha value is -0.950. The maximum atomic E-state index is 13.4. The molecule has 2 nitrogen and oxygen atoms in total.